The zero-order valence-electron chi connectivity index (χ0n) is 17.5. The molecule has 1 fully saturated rings. The molecule has 0 spiro atoms. The molecule has 0 atom stereocenters. The van der Waals surface area contributed by atoms with E-state index < -0.39 is 11.2 Å². The summed E-state index contributed by atoms with van der Waals surface area (Å²) in [7, 11) is 1.61. The molecule has 164 valence electrons. The predicted molar refractivity (Wildman–Crippen MR) is 124 cm³/mol. The van der Waals surface area contributed by atoms with Gasteiger partial charge in [0.25, 0.3) is 5.56 Å². The molecule has 2 aromatic heterocycles. The van der Waals surface area contributed by atoms with Crippen LogP contribution in [0.3, 0.4) is 0 Å². The topological polar surface area (TPSA) is 79.2 Å². The summed E-state index contributed by atoms with van der Waals surface area (Å²) in [4.78, 5) is 36.1. The molecule has 0 aliphatic carbocycles. The summed E-state index contributed by atoms with van der Waals surface area (Å²) in [6, 6.07) is 5.56. The van der Waals surface area contributed by atoms with Crippen LogP contribution in [0.4, 0.5) is 5.95 Å². The highest BCUT2D eigenvalue weighted by molar-refractivity contribution is 6.35. The highest BCUT2D eigenvalue weighted by Gasteiger charge is 2.25. The van der Waals surface area contributed by atoms with Crippen molar-refractivity contribution in [2.75, 3.05) is 31.1 Å². The number of aromatic amines is 1. The molecule has 1 saturated heterocycles. The normalized spacial score (nSPS) is 15.0. The van der Waals surface area contributed by atoms with Crippen LogP contribution in [0.1, 0.15) is 12.5 Å². The van der Waals surface area contributed by atoms with Crippen LogP contribution in [-0.2, 0) is 20.1 Å². The molecule has 8 nitrogen and oxygen atoms in total. The number of H-pyrrole nitrogens is 1. The van der Waals surface area contributed by atoms with Crippen molar-refractivity contribution in [3.05, 3.63) is 66.8 Å². The number of allylic oxidation sites excluding steroid dienone is 1. The van der Waals surface area contributed by atoms with Gasteiger partial charge in [-0.15, -0.1) is 0 Å². The van der Waals surface area contributed by atoms with E-state index in [4.69, 9.17) is 23.2 Å². The first-order valence-electron chi connectivity index (χ1n) is 9.99. The Hall–Kier alpha value is -2.55. The second-order valence-electron chi connectivity index (χ2n) is 7.94. The van der Waals surface area contributed by atoms with Gasteiger partial charge >= 0.3 is 5.69 Å². The van der Waals surface area contributed by atoms with Crippen LogP contribution in [-0.4, -0.2) is 50.2 Å². The molecule has 0 unspecified atom stereocenters. The second kappa shape index (κ2) is 8.53. The fourth-order valence-electron chi connectivity index (χ4n) is 3.88. The number of fused-ring (bicyclic) bond motifs is 1. The Morgan fingerprint density at radius 2 is 1.90 bits per heavy atom. The van der Waals surface area contributed by atoms with Gasteiger partial charge < -0.3 is 9.47 Å². The summed E-state index contributed by atoms with van der Waals surface area (Å²) in [6.07, 6.45) is 0. The van der Waals surface area contributed by atoms with Crippen LogP contribution < -0.4 is 16.1 Å². The lowest BCUT2D eigenvalue weighted by molar-refractivity contribution is 0.248. The van der Waals surface area contributed by atoms with Crippen molar-refractivity contribution in [1.82, 2.24) is 24.0 Å². The average molecular weight is 463 g/mol. The minimum Gasteiger partial charge on any atom is -0.340 e. The summed E-state index contributed by atoms with van der Waals surface area (Å²) in [5.41, 5.74) is 1.78. The van der Waals surface area contributed by atoms with E-state index >= 15 is 0 Å². The van der Waals surface area contributed by atoms with Gasteiger partial charge in [0.05, 0.1) is 0 Å². The van der Waals surface area contributed by atoms with Gasteiger partial charge in [-0.1, -0.05) is 41.4 Å². The molecule has 0 amide bonds. The molecule has 3 heterocycles. The summed E-state index contributed by atoms with van der Waals surface area (Å²) in [6.45, 7) is 10.2. The quantitative estimate of drug-likeness (QED) is 0.589. The lowest BCUT2D eigenvalue weighted by Gasteiger charge is -2.35. The monoisotopic (exact) mass is 462 g/mol. The number of anilines is 1. The van der Waals surface area contributed by atoms with Gasteiger partial charge in [-0.3, -0.25) is 19.2 Å². The Morgan fingerprint density at radius 1 is 1.19 bits per heavy atom. The Bertz CT molecular complexity index is 1270. The maximum Gasteiger partial charge on any atom is 0.329 e. The molecule has 0 saturated carbocycles. The number of benzene rings is 1. The molecule has 0 radical (unpaired) electrons. The Balaban J connectivity index is 1.60. The second-order valence-corrected chi connectivity index (χ2v) is 8.79. The molecule has 31 heavy (non-hydrogen) atoms. The summed E-state index contributed by atoms with van der Waals surface area (Å²) >= 11 is 12.3. The van der Waals surface area contributed by atoms with Crippen LogP contribution >= 0.6 is 23.2 Å². The number of rotatable bonds is 5. The number of aromatic nitrogens is 4. The average Bonchev–Trinajstić information content (AvgIpc) is 3.08. The fourth-order valence-corrected chi connectivity index (χ4v) is 4.35. The fraction of sp³-hybridized carbons (Fsp3) is 0.381. The molecule has 3 aromatic rings. The van der Waals surface area contributed by atoms with Crippen molar-refractivity contribution >= 4 is 40.3 Å². The third-order valence-corrected chi connectivity index (χ3v) is 6.07. The van der Waals surface area contributed by atoms with E-state index in [1.54, 1.807) is 13.1 Å². The zero-order chi connectivity index (χ0) is 22.3. The lowest BCUT2D eigenvalue weighted by Crippen LogP contribution is -2.47. The predicted octanol–water partition coefficient (Wildman–Crippen LogP) is 2.63. The van der Waals surface area contributed by atoms with Crippen molar-refractivity contribution in [2.24, 2.45) is 7.05 Å². The summed E-state index contributed by atoms with van der Waals surface area (Å²) < 4.78 is 3.22. The molecule has 1 aromatic carbocycles. The molecular weight excluding hydrogens is 439 g/mol. The van der Waals surface area contributed by atoms with Crippen molar-refractivity contribution in [3.8, 4) is 0 Å². The first-order valence-corrected chi connectivity index (χ1v) is 10.8. The number of nitrogens with one attached hydrogen (secondary N) is 1. The van der Waals surface area contributed by atoms with Gasteiger partial charge in [0.1, 0.15) is 0 Å². The number of imidazole rings is 1. The van der Waals surface area contributed by atoms with E-state index in [1.807, 2.05) is 23.6 Å². The first kappa shape index (κ1) is 21.7. The third-order valence-electron chi connectivity index (χ3n) is 5.48. The van der Waals surface area contributed by atoms with Crippen molar-refractivity contribution in [1.29, 1.82) is 0 Å². The van der Waals surface area contributed by atoms with E-state index in [-0.39, 0.29) is 0 Å². The van der Waals surface area contributed by atoms with E-state index in [9.17, 15) is 9.59 Å². The molecule has 1 aliphatic rings. The highest BCUT2D eigenvalue weighted by atomic mass is 35.5. The first-order chi connectivity index (χ1) is 14.7. The number of aryl methyl sites for hydroxylation is 1. The number of halogens is 2. The standard InChI is InChI=1S/C21H24Cl2N6O2/c1-13(2)11-29-17-18(26(3)21(31)25-19(17)30)24-20(29)28-8-6-27(7-9-28)12-14-4-5-15(22)10-16(14)23/h4-5,10H,1,6-9,11-12H2,2-3H3,(H,25,30,31). The minimum atomic E-state index is -0.478. The Kier molecular flexibility index (Phi) is 5.96. The van der Waals surface area contributed by atoms with Gasteiger partial charge in [-0.2, -0.15) is 4.98 Å². The van der Waals surface area contributed by atoms with E-state index in [0.29, 0.717) is 33.7 Å². The van der Waals surface area contributed by atoms with Crippen LogP contribution in [0.5, 0.6) is 0 Å². The van der Waals surface area contributed by atoms with Crippen LogP contribution in [0.25, 0.3) is 11.2 Å². The summed E-state index contributed by atoms with van der Waals surface area (Å²) in [5, 5.41) is 1.29. The summed E-state index contributed by atoms with van der Waals surface area (Å²) in [5.74, 6) is 0.675. The Labute approximate surface area is 189 Å². The van der Waals surface area contributed by atoms with Crippen LogP contribution in [0.15, 0.2) is 39.9 Å². The van der Waals surface area contributed by atoms with Crippen LogP contribution in [0.2, 0.25) is 10.0 Å². The van der Waals surface area contributed by atoms with Crippen molar-refractivity contribution in [2.45, 2.75) is 20.0 Å². The van der Waals surface area contributed by atoms with Gasteiger partial charge in [0.2, 0.25) is 5.95 Å². The maximum absolute atomic E-state index is 12.6. The number of hydrogen-bond donors (Lipinski definition) is 1. The molecular formula is C21H24Cl2N6O2. The number of piperazine rings is 1. The Morgan fingerprint density at radius 3 is 2.55 bits per heavy atom. The van der Waals surface area contributed by atoms with Crippen molar-refractivity contribution in [3.63, 3.8) is 0 Å². The maximum atomic E-state index is 12.6. The van der Waals surface area contributed by atoms with E-state index in [1.165, 1.54) is 4.57 Å². The smallest absolute Gasteiger partial charge is 0.329 e. The largest absolute Gasteiger partial charge is 0.340 e. The third kappa shape index (κ3) is 4.28. The number of hydrogen-bond acceptors (Lipinski definition) is 5. The SMILES string of the molecule is C=C(C)Cn1c(N2CCN(Cc3ccc(Cl)cc3Cl)CC2)nc2c1c(=O)[nH]c(=O)n2C. The molecule has 1 N–H and O–H groups in total. The van der Waals surface area contributed by atoms with Gasteiger partial charge in [0.15, 0.2) is 11.2 Å². The van der Waals surface area contributed by atoms with E-state index in [2.05, 4.69) is 26.3 Å². The van der Waals surface area contributed by atoms with Gasteiger partial charge in [-0.25, -0.2) is 4.79 Å². The van der Waals surface area contributed by atoms with Crippen molar-refractivity contribution < 1.29 is 0 Å². The molecule has 10 heteroatoms. The highest BCUT2D eigenvalue weighted by Crippen LogP contribution is 2.25. The van der Waals surface area contributed by atoms with E-state index in [0.717, 1.165) is 43.9 Å². The zero-order valence-corrected chi connectivity index (χ0v) is 19.0. The van der Waals surface area contributed by atoms with Gasteiger partial charge in [-0.05, 0) is 24.6 Å². The minimum absolute atomic E-state index is 0.375. The molecule has 0 bridgehead atoms. The molecule has 1 aliphatic heterocycles. The molecule has 4 rings (SSSR count). The number of nitrogens with zero attached hydrogens (tertiary/aromatic N) is 5. The van der Waals surface area contributed by atoms with Gasteiger partial charge in [0, 0.05) is 56.4 Å². The van der Waals surface area contributed by atoms with Crippen LogP contribution in [0, 0.1) is 0 Å². The lowest BCUT2D eigenvalue weighted by atomic mass is 10.2.